The highest BCUT2D eigenvalue weighted by atomic mass is 79.9. The van der Waals surface area contributed by atoms with Gasteiger partial charge in [0.25, 0.3) is 0 Å². The maximum absolute atomic E-state index is 12.0. The molecule has 0 spiro atoms. The van der Waals surface area contributed by atoms with Gasteiger partial charge in [-0.2, -0.15) is 0 Å². The molecule has 18 heavy (non-hydrogen) atoms. The Morgan fingerprint density at radius 3 is 2.56 bits per heavy atom. The molecule has 0 heterocycles. The Labute approximate surface area is 116 Å². The number of hydrogen-bond donors (Lipinski definition) is 2. The molecule has 0 amide bonds. The van der Waals surface area contributed by atoms with Crippen molar-refractivity contribution in [3.05, 3.63) is 22.7 Å². The number of rotatable bonds is 5. The van der Waals surface area contributed by atoms with Crippen molar-refractivity contribution < 1.29 is 13.2 Å². The van der Waals surface area contributed by atoms with E-state index in [0.717, 1.165) is 0 Å². The number of nitrogens with two attached hydrogens (primary N) is 1. The summed E-state index contributed by atoms with van der Waals surface area (Å²) in [4.78, 5) is 0.162. The Morgan fingerprint density at radius 2 is 2.06 bits per heavy atom. The standard InChI is InChI=1S/C11H17BrN2O3S/c1-11(2,17-3)7-14-18(15,16)8-4-5-10(13)9(12)6-8/h4-6,14H,7,13H2,1-3H3. The summed E-state index contributed by atoms with van der Waals surface area (Å²) >= 11 is 3.20. The van der Waals surface area contributed by atoms with E-state index in [0.29, 0.717) is 10.2 Å². The van der Waals surface area contributed by atoms with Crippen LogP contribution in [0.25, 0.3) is 0 Å². The number of halogens is 1. The second-order valence-corrected chi connectivity index (χ2v) is 7.09. The Morgan fingerprint density at radius 1 is 1.44 bits per heavy atom. The molecule has 0 aliphatic carbocycles. The van der Waals surface area contributed by atoms with E-state index in [4.69, 9.17) is 10.5 Å². The van der Waals surface area contributed by atoms with E-state index >= 15 is 0 Å². The van der Waals surface area contributed by atoms with Gasteiger partial charge in [0, 0.05) is 23.8 Å². The lowest BCUT2D eigenvalue weighted by atomic mass is 10.1. The van der Waals surface area contributed by atoms with E-state index < -0.39 is 15.6 Å². The lowest BCUT2D eigenvalue weighted by Crippen LogP contribution is -2.39. The fourth-order valence-electron chi connectivity index (χ4n) is 1.10. The number of hydrogen-bond acceptors (Lipinski definition) is 4. The minimum Gasteiger partial charge on any atom is -0.398 e. The van der Waals surface area contributed by atoms with Gasteiger partial charge in [-0.15, -0.1) is 0 Å². The van der Waals surface area contributed by atoms with Crippen LogP contribution < -0.4 is 10.5 Å². The minimum atomic E-state index is -3.56. The normalized spacial score (nSPS) is 12.7. The van der Waals surface area contributed by atoms with Crippen LogP contribution in [0.2, 0.25) is 0 Å². The summed E-state index contributed by atoms with van der Waals surface area (Å²) in [5.41, 5.74) is 5.55. The third kappa shape index (κ3) is 3.94. The summed E-state index contributed by atoms with van der Waals surface area (Å²) in [7, 11) is -2.02. The van der Waals surface area contributed by atoms with E-state index in [1.807, 2.05) is 0 Å². The van der Waals surface area contributed by atoms with Crippen LogP contribution in [0.3, 0.4) is 0 Å². The minimum absolute atomic E-state index is 0.162. The van der Waals surface area contributed by atoms with Crippen molar-refractivity contribution in [2.24, 2.45) is 0 Å². The van der Waals surface area contributed by atoms with E-state index in [-0.39, 0.29) is 11.4 Å². The van der Waals surface area contributed by atoms with Crippen molar-refractivity contribution in [2.75, 3.05) is 19.4 Å². The monoisotopic (exact) mass is 336 g/mol. The van der Waals surface area contributed by atoms with Crippen molar-refractivity contribution in [1.29, 1.82) is 0 Å². The number of methoxy groups -OCH3 is 1. The molecular weight excluding hydrogens is 320 g/mol. The number of anilines is 1. The predicted octanol–water partition coefficient (Wildman–Crippen LogP) is 1.73. The van der Waals surface area contributed by atoms with Crippen LogP contribution in [0, 0.1) is 0 Å². The van der Waals surface area contributed by atoms with Crippen LogP contribution in [0.4, 0.5) is 5.69 Å². The molecule has 1 aromatic rings. The molecule has 7 heteroatoms. The average molecular weight is 337 g/mol. The quantitative estimate of drug-likeness (QED) is 0.802. The topological polar surface area (TPSA) is 81.4 Å². The fraction of sp³-hybridized carbons (Fsp3) is 0.455. The molecule has 0 aliphatic rings. The zero-order valence-electron chi connectivity index (χ0n) is 10.5. The van der Waals surface area contributed by atoms with Gasteiger partial charge in [-0.25, -0.2) is 13.1 Å². The third-order valence-electron chi connectivity index (χ3n) is 2.52. The molecule has 1 aromatic carbocycles. The zero-order valence-corrected chi connectivity index (χ0v) is 12.9. The van der Waals surface area contributed by atoms with Crippen molar-refractivity contribution in [3.8, 4) is 0 Å². The largest absolute Gasteiger partial charge is 0.398 e. The fourth-order valence-corrected chi connectivity index (χ4v) is 2.85. The van der Waals surface area contributed by atoms with Gasteiger partial charge in [0.1, 0.15) is 0 Å². The Balaban J connectivity index is 2.90. The van der Waals surface area contributed by atoms with Gasteiger partial charge in [-0.1, -0.05) is 0 Å². The van der Waals surface area contributed by atoms with Crippen LogP contribution in [0.1, 0.15) is 13.8 Å². The summed E-state index contributed by atoms with van der Waals surface area (Å²) in [5, 5.41) is 0. The maximum Gasteiger partial charge on any atom is 0.240 e. The van der Waals surface area contributed by atoms with Crippen LogP contribution in [0.15, 0.2) is 27.6 Å². The van der Waals surface area contributed by atoms with Crippen LogP contribution >= 0.6 is 15.9 Å². The molecule has 1 rings (SSSR count). The molecule has 5 nitrogen and oxygen atoms in total. The molecule has 0 unspecified atom stereocenters. The molecule has 3 N–H and O–H groups in total. The third-order valence-corrected chi connectivity index (χ3v) is 4.61. The van der Waals surface area contributed by atoms with Crippen molar-refractivity contribution in [2.45, 2.75) is 24.3 Å². The highest BCUT2D eigenvalue weighted by molar-refractivity contribution is 9.10. The molecule has 0 saturated carbocycles. The van der Waals surface area contributed by atoms with Gasteiger partial charge >= 0.3 is 0 Å². The number of ether oxygens (including phenoxy) is 1. The van der Waals surface area contributed by atoms with Gasteiger partial charge in [0.2, 0.25) is 10.0 Å². The number of nitrogen functional groups attached to an aromatic ring is 1. The summed E-state index contributed by atoms with van der Waals surface area (Å²) in [6, 6.07) is 4.47. The molecule has 0 radical (unpaired) electrons. The van der Waals surface area contributed by atoms with E-state index in [1.54, 1.807) is 19.9 Å². The Kier molecular flexibility index (Phi) is 4.77. The van der Waals surface area contributed by atoms with Crippen molar-refractivity contribution in [1.82, 2.24) is 4.72 Å². The summed E-state index contributed by atoms with van der Waals surface area (Å²) < 4.78 is 32.3. The van der Waals surface area contributed by atoms with Crippen LogP contribution in [0.5, 0.6) is 0 Å². The van der Waals surface area contributed by atoms with Gasteiger partial charge in [-0.05, 0) is 48.0 Å². The molecule has 0 aromatic heterocycles. The summed E-state index contributed by atoms with van der Waals surface area (Å²) in [6.07, 6.45) is 0. The van der Waals surface area contributed by atoms with Crippen LogP contribution in [-0.4, -0.2) is 27.7 Å². The average Bonchev–Trinajstić information content (AvgIpc) is 2.30. The maximum atomic E-state index is 12.0. The first-order valence-corrected chi connectivity index (χ1v) is 7.55. The van der Waals surface area contributed by atoms with Crippen molar-refractivity contribution in [3.63, 3.8) is 0 Å². The molecular formula is C11H17BrN2O3S. The highest BCUT2D eigenvalue weighted by Gasteiger charge is 2.22. The summed E-state index contributed by atoms with van der Waals surface area (Å²) in [6.45, 7) is 3.79. The smallest absolute Gasteiger partial charge is 0.240 e. The van der Waals surface area contributed by atoms with Gasteiger partial charge < -0.3 is 10.5 Å². The number of sulfonamides is 1. The van der Waals surface area contributed by atoms with Crippen LogP contribution in [-0.2, 0) is 14.8 Å². The first-order chi connectivity index (χ1) is 8.18. The molecule has 0 atom stereocenters. The van der Waals surface area contributed by atoms with E-state index in [9.17, 15) is 8.42 Å². The molecule has 102 valence electrons. The predicted molar refractivity (Wildman–Crippen MR) is 74.8 cm³/mol. The SMILES string of the molecule is COC(C)(C)CNS(=O)(=O)c1ccc(N)c(Br)c1. The second-order valence-electron chi connectivity index (χ2n) is 4.47. The molecule has 0 aliphatic heterocycles. The van der Waals surface area contributed by atoms with Gasteiger partial charge in [-0.3, -0.25) is 0 Å². The molecule has 0 saturated heterocycles. The molecule has 0 fully saturated rings. The van der Waals surface area contributed by atoms with Crippen molar-refractivity contribution >= 4 is 31.6 Å². The van der Waals surface area contributed by atoms with E-state index in [2.05, 4.69) is 20.7 Å². The van der Waals surface area contributed by atoms with Gasteiger partial charge in [0.05, 0.1) is 10.5 Å². The summed E-state index contributed by atoms with van der Waals surface area (Å²) in [5.74, 6) is 0. The Bertz CT molecular complexity index is 529. The lowest BCUT2D eigenvalue weighted by molar-refractivity contribution is 0.0276. The number of benzene rings is 1. The lowest BCUT2D eigenvalue weighted by Gasteiger charge is -2.23. The first-order valence-electron chi connectivity index (χ1n) is 5.28. The van der Waals surface area contributed by atoms with Gasteiger partial charge in [0.15, 0.2) is 0 Å². The zero-order chi connectivity index (χ0) is 14.0. The second kappa shape index (κ2) is 5.56. The van der Waals surface area contributed by atoms with E-state index in [1.165, 1.54) is 19.2 Å². The first kappa shape index (κ1) is 15.4. The molecule has 0 bridgehead atoms. The number of nitrogens with one attached hydrogen (secondary N) is 1. The highest BCUT2D eigenvalue weighted by Crippen LogP contribution is 2.23. The Hall–Kier alpha value is -0.630.